The Morgan fingerprint density at radius 2 is 1.50 bits per heavy atom. The predicted molar refractivity (Wildman–Crippen MR) is 144 cm³/mol. The highest BCUT2D eigenvalue weighted by Gasteiger charge is 2.47. The molecule has 7 heteroatoms. The lowest BCUT2D eigenvalue weighted by Crippen LogP contribution is -2.50. The van der Waals surface area contributed by atoms with Gasteiger partial charge in [0.25, 0.3) is 0 Å². The zero-order chi connectivity index (χ0) is 27.3. The zero-order valence-electron chi connectivity index (χ0n) is 22.2. The molecule has 38 heavy (non-hydrogen) atoms. The van der Waals surface area contributed by atoms with Crippen molar-refractivity contribution >= 4 is 18.0 Å². The molecule has 3 aromatic carbocycles. The van der Waals surface area contributed by atoms with Crippen LogP contribution in [0.4, 0.5) is 4.79 Å². The number of amides is 2. The molecule has 198 valence electrons. The van der Waals surface area contributed by atoms with Crippen molar-refractivity contribution in [3.63, 3.8) is 0 Å². The first-order valence-electron chi connectivity index (χ1n) is 12.8. The fourth-order valence-electron chi connectivity index (χ4n) is 4.70. The van der Waals surface area contributed by atoms with Crippen LogP contribution >= 0.6 is 0 Å². The zero-order valence-corrected chi connectivity index (χ0v) is 22.2. The molecule has 0 aromatic heterocycles. The molecular weight excluding hydrogens is 480 g/mol. The SMILES string of the molecule is C[C@@H](C(=O)N1C(=O)OC[C@@H]1C(C)(C)C)[C@H](c1ccccc1)N(Cc1ccccc1)OC(=O)c1ccccc1. The summed E-state index contributed by atoms with van der Waals surface area (Å²) >= 11 is 0. The van der Waals surface area contributed by atoms with Gasteiger partial charge in [0.1, 0.15) is 6.61 Å². The van der Waals surface area contributed by atoms with Gasteiger partial charge in [0, 0.05) is 0 Å². The predicted octanol–water partition coefficient (Wildman–Crippen LogP) is 6.03. The van der Waals surface area contributed by atoms with Crippen LogP contribution in [0.2, 0.25) is 0 Å². The van der Waals surface area contributed by atoms with Crippen LogP contribution in [-0.4, -0.2) is 40.6 Å². The minimum Gasteiger partial charge on any atom is -0.447 e. The maximum atomic E-state index is 14.0. The standard InChI is InChI=1S/C31H34N2O5/c1-22(28(34)33-26(31(2,3)4)21-37-30(33)36)27(24-16-10-6-11-17-24)32(20-23-14-8-5-9-15-23)38-29(35)25-18-12-7-13-19-25/h5-19,22,26-27H,20-21H2,1-4H3/t22-,26-,27-/m1/s1. The molecule has 1 aliphatic heterocycles. The highest BCUT2D eigenvalue weighted by molar-refractivity contribution is 5.95. The first-order chi connectivity index (χ1) is 18.2. The van der Waals surface area contributed by atoms with E-state index in [0.29, 0.717) is 5.56 Å². The van der Waals surface area contributed by atoms with E-state index in [0.717, 1.165) is 11.1 Å². The average Bonchev–Trinajstić information content (AvgIpc) is 3.32. The second kappa shape index (κ2) is 11.6. The molecule has 1 saturated heterocycles. The van der Waals surface area contributed by atoms with Crippen molar-refractivity contribution in [2.45, 2.75) is 46.3 Å². The first-order valence-corrected chi connectivity index (χ1v) is 12.8. The van der Waals surface area contributed by atoms with Gasteiger partial charge >= 0.3 is 12.1 Å². The topological polar surface area (TPSA) is 76.2 Å². The molecule has 1 aliphatic rings. The van der Waals surface area contributed by atoms with E-state index in [9.17, 15) is 14.4 Å². The number of rotatable bonds is 8. The Bertz CT molecular complexity index is 1240. The summed E-state index contributed by atoms with van der Waals surface area (Å²) in [7, 11) is 0. The van der Waals surface area contributed by atoms with Gasteiger partial charge in [0.15, 0.2) is 0 Å². The molecule has 0 radical (unpaired) electrons. The van der Waals surface area contributed by atoms with Crippen molar-refractivity contribution in [2.24, 2.45) is 11.3 Å². The smallest absolute Gasteiger partial charge is 0.417 e. The van der Waals surface area contributed by atoms with Crippen molar-refractivity contribution in [3.8, 4) is 0 Å². The Balaban J connectivity index is 1.74. The molecule has 0 N–H and O–H groups in total. The summed E-state index contributed by atoms with van der Waals surface area (Å²) in [5.74, 6) is -1.66. The van der Waals surface area contributed by atoms with E-state index in [1.807, 2.05) is 87.5 Å². The van der Waals surface area contributed by atoms with Crippen LogP contribution in [0.15, 0.2) is 91.0 Å². The lowest BCUT2D eigenvalue weighted by molar-refractivity contribution is -0.169. The van der Waals surface area contributed by atoms with Crippen LogP contribution in [0.3, 0.4) is 0 Å². The van der Waals surface area contributed by atoms with Crippen LogP contribution in [0.5, 0.6) is 0 Å². The summed E-state index contributed by atoms with van der Waals surface area (Å²) < 4.78 is 5.31. The van der Waals surface area contributed by atoms with E-state index in [2.05, 4.69) is 0 Å². The monoisotopic (exact) mass is 514 g/mol. The normalized spacial score (nSPS) is 17.1. The van der Waals surface area contributed by atoms with Crippen molar-refractivity contribution in [3.05, 3.63) is 108 Å². The molecule has 1 heterocycles. The second-order valence-corrected chi connectivity index (χ2v) is 10.6. The molecule has 1 fully saturated rings. The van der Waals surface area contributed by atoms with E-state index in [1.165, 1.54) is 4.90 Å². The highest BCUT2D eigenvalue weighted by atomic mass is 16.7. The van der Waals surface area contributed by atoms with E-state index in [4.69, 9.17) is 9.57 Å². The number of cyclic esters (lactones) is 1. The van der Waals surface area contributed by atoms with Crippen LogP contribution in [0, 0.1) is 11.3 Å². The lowest BCUT2D eigenvalue weighted by Gasteiger charge is -2.37. The number of carbonyl (C=O) groups excluding carboxylic acids is 3. The van der Waals surface area contributed by atoms with Crippen molar-refractivity contribution in [1.29, 1.82) is 0 Å². The molecule has 2 amide bonds. The number of benzene rings is 3. The molecule has 0 bridgehead atoms. The summed E-state index contributed by atoms with van der Waals surface area (Å²) in [6, 6.07) is 26.7. The Morgan fingerprint density at radius 3 is 2.08 bits per heavy atom. The summed E-state index contributed by atoms with van der Waals surface area (Å²) in [5.41, 5.74) is 1.71. The Kier molecular flexibility index (Phi) is 8.27. The number of carbonyl (C=O) groups is 3. The van der Waals surface area contributed by atoms with E-state index in [-0.39, 0.29) is 24.5 Å². The van der Waals surface area contributed by atoms with Gasteiger partial charge in [-0.15, -0.1) is 5.06 Å². The van der Waals surface area contributed by atoms with Crippen LogP contribution in [-0.2, 0) is 20.9 Å². The second-order valence-electron chi connectivity index (χ2n) is 10.6. The van der Waals surface area contributed by atoms with E-state index >= 15 is 0 Å². The highest BCUT2D eigenvalue weighted by Crippen LogP contribution is 2.36. The molecule has 3 aromatic rings. The van der Waals surface area contributed by atoms with Crippen LogP contribution in [0.25, 0.3) is 0 Å². The molecule has 0 spiro atoms. The Hall–Kier alpha value is -3.97. The number of imide groups is 1. The summed E-state index contributed by atoms with van der Waals surface area (Å²) in [5, 5.41) is 1.55. The maximum Gasteiger partial charge on any atom is 0.417 e. The largest absolute Gasteiger partial charge is 0.447 e. The summed E-state index contributed by atoms with van der Waals surface area (Å²) in [4.78, 5) is 47.2. The molecular formula is C31H34N2O5. The van der Waals surface area contributed by atoms with Crippen molar-refractivity contribution < 1.29 is 24.0 Å². The van der Waals surface area contributed by atoms with Gasteiger partial charge in [-0.3, -0.25) is 4.79 Å². The summed E-state index contributed by atoms with van der Waals surface area (Å²) in [6.07, 6.45) is -0.649. The van der Waals surface area contributed by atoms with Crippen molar-refractivity contribution in [2.75, 3.05) is 6.61 Å². The van der Waals surface area contributed by atoms with Gasteiger partial charge in [0.05, 0.1) is 30.1 Å². The Morgan fingerprint density at radius 1 is 0.947 bits per heavy atom. The number of nitrogens with zero attached hydrogens (tertiary/aromatic N) is 2. The van der Waals surface area contributed by atoms with Gasteiger partial charge in [-0.25, -0.2) is 14.5 Å². The average molecular weight is 515 g/mol. The minimum atomic E-state index is -0.750. The number of hydroxylamine groups is 2. The third-order valence-corrected chi connectivity index (χ3v) is 6.82. The van der Waals surface area contributed by atoms with Crippen molar-refractivity contribution in [1.82, 2.24) is 9.96 Å². The fourth-order valence-corrected chi connectivity index (χ4v) is 4.70. The number of hydrogen-bond acceptors (Lipinski definition) is 6. The van der Waals surface area contributed by atoms with E-state index < -0.39 is 30.1 Å². The summed E-state index contributed by atoms with van der Waals surface area (Å²) in [6.45, 7) is 8.07. The van der Waals surface area contributed by atoms with Gasteiger partial charge in [-0.1, -0.05) is 107 Å². The lowest BCUT2D eigenvalue weighted by atomic mass is 9.85. The minimum absolute atomic E-state index is 0.146. The fraction of sp³-hybridized carbons (Fsp3) is 0.323. The van der Waals surface area contributed by atoms with Crippen LogP contribution < -0.4 is 0 Å². The molecule has 0 saturated carbocycles. The molecule has 0 aliphatic carbocycles. The molecule has 0 unspecified atom stereocenters. The van der Waals surface area contributed by atoms with Crippen LogP contribution in [0.1, 0.15) is 55.2 Å². The molecule has 7 nitrogen and oxygen atoms in total. The maximum absolute atomic E-state index is 14.0. The van der Waals surface area contributed by atoms with Gasteiger partial charge < -0.3 is 9.57 Å². The number of ether oxygens (including phenoxy) is 1. The van der Waals surface area contributed by atoms with Gasteiger partial charge in [0.2, 0.25) is 5.91 Å². The number of hydrogen-bond donors (Lipinski definition) is 0. The van der Waals surface area contributed by atoms with Gasteiger partial charge in [-0.05, 0) is 28.7 Å². The van der Waals surface area contributed by atoms with E-state index in [1.54, 1.807) is 36.3 Å². The van der Waals surface area contributed by atoms with Gasteiger partial charge in [-0.2, -0.15) is 0 Å². The quantitative estimate of drug-likeness (QED) is 0.342. The molecule has 4 rings (SSSR count). The first kappa shape index (κ1) is 27.1. The third kappa shape index (κ3) is 6.11. The molecule has 3 atom stereocenters. The Labute approximate surface area is 223 Å². The third-order valence-electron chi connectivity index (χ3n) is 6.82.